The first-order valence-electron chi connectivity index (χ1n) is 5.80. The molecule has 4 nitrogen and oxygen atoms in total. The van der Waals surface area contributed by atoms with Gasteiger partial charge in [0, 0.05) is 11.6 Å². The lowest BCUT2D eigenvalue weighted by Crippen LogP contribution is -2.39. The second-order valence-electron chi connectivity index (χ2n) is 4.26. The number of halogens is 5. The molecule has 120 valence electrons. The summed E-state index contributed by atoms with van der Waals surface area (Å²) in [4.78, 5) is -0.967. The summed E-state index contributed by atoms with van der Waals surface area (Å²) in [7, 11) is -4.70. The molecule has 0 bridgehead atoms. The summed E-state index contributed by atoms with van der Waals surface area (Å²) < 4.78 is 75.8. The summed E-state index contributed by atoms with van der Waals surface area (Å²) in [6, 6.07) is 1.71. The van der Waals surface area contributed by atoms with Crippen molar-refractivity contribution in [1.29, 1.82) is 0 Å². The smallest absolute Gasteiger partial charge is 0.396 e. The minimum absolute atomic E-state index is 0.132. The molecule has 0 spiro atoms. The van der Waals surface area contributed by atoms with E-state index < -0.39 is 45.7 Å². The standard InChI is InChI=1S/C11H13ClF4N2O2S/c1-2-3-18(6-11(14,15)16)21(19,20)9-5-7(12)4-8(17)10(9)13/h4-5H,2-3,6,17H2,1H3. The normalized spacial score (nSPS) is 12.9. The maximum atomic E-state index is 13.8. The summed E-state index contributed by atoms with van der Waals surface area (Å²) in [5, 5.41) is -0.184. The van der Waals surface area contributed by atoms with E-state index >= 15 is 0 Å². The zero-order valence-electron chi connectivity index (χ0n) is 10.9. The van der Waals surface area contributed by atoms with Crippen molar-refractivity contribution in [2.24, 2.45) is 0 Å². The first-order chi connectivity index (χ1) is 9.49. The van der Waals surface area contributed by atoms with Crippen LogP contribution in [0.3, 0.4) is 0 Å². The van der Waals surface area contributed by atoms with Gasteiger partial charge in [0.05, 0.1) is 5.69 Å². The van der Waals surface area contributed by atoms with Crippen LogP contribution < -0.4 is 5.73 Å². The highest BCUT2D eigenvalue weighted by Gasteiger charge is 2.38. The van der Waals surface area contributed by atoms with Crippen LogP contribution in [0, 0.1) is 5.82 Å². The molecule has 0 saturated carbocycles. The fraction of sp³-hybridized carbons (Fsp3) is 0.455. The molecule has 0 radical (unpaired) electrons. The number of alkyl halides is 3. The van der Waals surface area contributed by atoms with Gasteiger partial charge in [-0.3, -0.25) is 0 Å². The molecule has 1 aromatic rings. The summed E-state index contributed by atoms with van der Waals surface area (Å²) in [5.74, 6) is -1.32. The van der Waals surface area contributed by atoms with E-state index in [9.17, 15) is 26.0 Å². The minimum atomic E-state index is -4.75. The van der Waals surface area contributed by atoms with Crippen LogP contribution in [-0.2, 0) is 10.0 Å². The molecule has 2 N–H and O–H groups in total. The average Bonchev–Trinajstić information content (AvgIpc) is 2.31. The van der Waals surface area contributed by atoms with E-state index in [-0.39, 0.29) is 15.7 Å². The third-order valence-corrected chi connectivity index (χ3v) is 4.54. The Morgan fingerprint density at radius 2 is 1.90 bits per heavy atom. The Balaban J connectivity index is 3.36. The van der Waals surface area contributed by atoms with Crippen molar-refractivity contribution in [1.82, 2.24) is 4.31 Å². The second-order valence-corrected chi connectivity index (χ2v) is 6.60. The van der Waals surface area contributed by atoms with Crippen LogP contribution in [0.25, 0.3) is 0 Å². The van der Waals surface area contributed by atoms with Gasteiger partial charge in [0.15, 0.2) is 5.82 Å². The van der Waals surface area contributed by atoms with Gasteiger partial charge in [-0.2, -0.15) is 17.5 Å². The maximum Gasteiger partial charge on any atom is 0.402 e. The van der Waals surface area contributed by atoms with E-state index in [0.717, 1.165) is 12.1 Å². The molecular formula is C11H13ClF4N2O2S. The molecule has 0 aliphatic rings. The number of hydrogen-bond acceptors (Lipinski definition) is 3. The highest BCUT2D eigenvalue weighted by atomic mass is 35.5. The fourth-order valence-corrected chi connectivity index (χ4v) is 3.57. The molecular weight excluding hydrogens is 336 g/mol. The number of benzene rings is 1. The molecule has 0 amide bonds. The highest BCUT2D eigenvalue weighted by molar-refractivity contribution is 7.89. The van der Waals surface area contributed by atoms with Gasteiger partial charge < -0.3 is 5.73 Å². The van der Waals surface area contributed by atoms with Gasteiger partial charge in [0.25, 0.3) is 0 Å². The largest absolute Gasteiger partial charge is 0.402 e. The fourth-order valence-electron chi connectivity index (χ4n) is 1.64. The predicted octanol–water partition coefficient (Wildman–Crippen LogP) is 3.02. The van der Waals surface area contributed by atoms with Crippen LogP contribution in [0.2, 0.25) is 5.02 Å². The number of nitrogens with two attached hydrogens (primary N) is 1. The van der Waals surface area contributed by atoms with Gasteiger partial charge in [-0.05, 0) is 18.6 Å². The Kier molecular flexibility index (Phi) is 5.46. The monoisotopic (exact) mass is 348 g/mol. The summed E-state index contributed by atoms with van der Waals surface area (Å²) in [5.41, 5.74) is 4.70. The lowest BCUT2D eigenvalue weighted by Gasteiger charge is -2.23. The molecule has 1 aromatic carbocycles. The summed E-state index contributed by atoms with van der Waals surface area (Å²) in [6.45, 7) is -0.621. The van der Waals surface area contributed by atoms with Crippen LogP contribution in [-0.4, -0.2) is 32.0 Å². The van der Waals surface area contributed by atoms with Gasteiger partial charge in [0.1, 0.15) is 11.4 Å². The SMILES string of the molecule is CCCN(CC(F)(F)F)S(=O)(=O)c1cc(Cl)cc(N)c1F. The van der Waals surface area contributed by atoms with Crippen molar-refractivity contribution in [3.8, 4) is 0 Å². The van der Waals surface area contributed by atoms with Crippen LogP contribution >= 0.6 is 11.6 Å². The topological polar surface area (TPSA) is 63.4 Å². The van der Waals surface area contributed by atoms with E-state index in [1.807, 2.05) is 0 Å². The number of nitrogen functional groups attached to an aromatic ring is 1. The van der Waals surface area contributed by atoms with Crippen LogP contribution in [0.1, 0.15) is 13.3 Å². The molecule has 0 unspecified atom stereocenters. The van der Waals surface area contributed by atoms with Gasteiger partial charge >= 0.3 is 6.18 Å². The van der Waals surface area contributed by atoms with E-state index in [4.69, 9.17) is 17.3 Å². The second kappa shape index (κ2) is 6.37. The predicted molar refractivity (Wildman–Crippen MR) is 70.9 cm³/mol. The summed E-state index contributed by atoms with van der Waals surface area (Å²) >= 11 is 5.59. The number of anilines is 1. The third kappa shape index (κ3) is 4.45. The van der Waals surface area contributed by atoms with E-state index in [1.165, 1.54) is 6.92 Å². The first kappa shape index (κ1) is 18.0. The van der Waals surface area contributed by atoms with Crippen molar-refractivity contribution < 1.29 is 26.0 Å². The van der Waals surface area contributed by atoms with Crippen molar-refractivity contribution in [2.45, 2.75) is 24.4 Å². The molecule has 21 heavy (non-hydrogen) atoms. The molecule has 0 heterocycles. The van der Waals surface area contributed by atoms with Crippen LogP contribution in [0.5, 0.6) is 0 Å². The lowest BCUT2D eigenvalue weighted by molar-refractivity contribution is -0.136. The average molecular weight is 349 g/mol. The molecule has 0 saturated heterocycles. The Labute approximate surface area is 124 Å². The van der Waals surface area contributed by atoms with Gasteiger partial charge in [-0.1, -0.05) is 18.5 Å². The number of nitrogens with zero attached hydrogens (tertiary/aromatic N) is 1. The van der Waals surface area contributed by atoms with Crippen LogP contribution in [0.4, 0.5) is 23.2 Å². The molecule has 0 fully saturated rings. The van der Waals surface area contributed by atoms with Crippen molar-refractivity contribution in [3.05, 3.63) is 23.0 Å². The molecule has 0 aromatic heterocycles. The Bertz CT molecular complexity index is 619. The van der Waals surface area contributed by atoms with Gasteiger partial charge in [-0.25, -0.2) is 12.8 Å². The highest BCUT2D eigenvalue weighted by Crippen LogP contribution is 2.29. The Hall–Kier alpha value is -1.06. The molecule has 0 aliphatic carbocycles. The minimum Gasteiger partial charge on any atom is -0.396 e. The van der Waals surface area contributed by atoms with Crippen molar-refractivity contribution in [2.75, 3.05) is 18.8 Å². The zero-order valence-corrected chi connectivity index (χ0v) is 12.5. The molecule has 0 aliphatic heterocycles. The van der Waals surface area contributed by atoms with Crippen molar-refractivity contribution in [3.63, 3.8) is 0 Å². The third-order valence-electron chi connectivity index (χ3n) is 2.48. The number of sulfonamides is 1. The van der Waals surface area contributed by atoms with E-state index in [0.29, 0.717) is 0 Å². The van der Waals surface area contributed by atoms with Gasteiger partial charge in [-0.15, -0.1) is 0 Å². The molecule has 10 heteroatoms. The lowest BCUT2D eigenvalue weighted by atomic mass is 10.3. The zero-order chi connectivity index (χ0) is 16.4. The Morgan fingerprint density at radius 3 is 2.38 bits per heavy atom. The first-order valence-corrected chi connectivity index (χ1v) is 7.62. The van der Waals surface area contributed by atoms with Crippen LogP contribution in [0.15, 0.2) is 17.0 Å². The van der Waals surface area contributed by atoms with Gasteiger partial charge in [0.2, 0.25) is 10.0 Å². The maximum absolute atomic E-state index is 13.8. The van der Waals surface area contributed by atoms with E-state index in [1.54, 1.807) is 0 Å². The summed E-state index contributed by atoms with van der Waals surface area (Å²) in [6.07, 6.45) is -4.62. The van der Waals surface area contributed by atoms with Crippen molar-refractivity contribution >= 4 is 27.3 Å². The number of hydrogen-bond donors (Lipinski definition) is 1. The Morgan fingerprint density at radius 1 is 1.33 bits per heavy atom. The van der Waals surface area contributed by atoms with E-state index in [2.05, 4.69) is 0 Å². The number of rotatable bonds is 5. The molecule has 1 rings (SSSR count). The molecule has 0 atom stereocenters. The quantitative estimate of drug-likeness (QED) is 0.657.